The number of benzene rings is 1. The molecule has 2 heterocycles. The van der Waals surface area contributed by atoms with Gasteiger partial charge in [-0.15, -0.1) is 0 Å². The summed E-state index contributed by atoms with van der Waals surface area (Å²) in [5, 5.41) is 2.99. The lowest BCUT2D eigenvalue weighted by molar-refractivity contribution is -0.122. The first-order valence-corrected chi connectivity index (χ1v) is 6.95. The molecular formula is C15H19FN2O. The van der Waals surface area contributed by atoms with Crippen molar-refractivity contribution in [2.24, 2.45) is 0 Å². The number of likely N-dealkylation sites (tertiary alicyclic amines) is 1. The summed E-state index contributed by atoms with van der Waals surface area (Å²) in [5.41, 5.74) is 1.65. The molecule has 102 valence electrons. The van der Waals surface area contributed by atoms with Gasteiger partial charge < -0.3 is 10.2 Å². The smallest absolute Gasteiger partial charge is 0.236 e. The molecule has 0 unspecified atom stereocenters. The highest BCUT2D eigenvalue weighted by Gasteiger charge is 2.48. The molecular weight excluding hydrogens is 243 g/mol. The average Bonchev–Trinajstić information content (AvgIpc) is 2.70. The van der Waals surface area contributed by atoms with Gasteiger partial charge >= 0.3 is 0 Å². The summed E-state index contributed by atoms with van der Waals surface area (Å²) in [4.78, 5) is 14.6. The maximum Gasteiger partial charge on any atom is 0.236 e. The summed E-state index contributed by atoms with van der Waals surface area (Å²) in [6.07, 6.45) is 2.44. The van der Waals surface area contributed by atoms with Crippen LogP contribution in [0.25, 0.3) is 0 Å². The summed E-state index contributed by atoms with van der Waals surface area (Å²) in [6.45, 7) is 2.15. The van der Waals surface area contributed by atoms with Crippen LogP contribution in [0.2, 0.25) is 0 Å². The average molecular weight is 262 g/mol. The first-order chi connectivity index (χ1) is 9.26. The first kappa shape index (κ1) is 12.6. The van der Waals surface area contributed by atoms with Crippen molar-refractivity contribution in [3.05, 3.63) is 29.8 Å². The number of carbonyl (C=O) groups excluding carboxylic acids is 1. The predicted octanol–water partition coefficient (Wildman–Crippen LogP) is 2.33. The number of anilines is 1. The molecule has 1 atom stereocenters. The standard InChI is InChI=1S/C15H19FN2O/c16-8-4-10-18-9-3-7-15(11-18)12-5-1-2-6-13(12)17-14(15)19/h1-2,5-6H,3-4,7-11H2,(H,17,19)/t15-/m1/s1. The van der Waals surface area contributed by atoms with Crippen LogP contribution in [0.1, 0.15) is 24.8 Å². The van der Waals surface area contributed by atoms with E-state index in [1.165, 1.54) is 0 Å². The van der Waals surface area contributed by atoms with Crippen molar-refractivity contribution in [1.29, 1.82) is 0 Å². The second kappa shape index (κ2) is 4.93. The van der Waals surface area contributed by atoms with Crippen molar-refractivity contribution in [3.8, 4) is 0 Å². The fourth-order valence-electron chi connectivity index (χ4n) is 3.40. The summed E-state index contributed by atoms with van der Waals surface area (Å²) in [7, 11) is 0. The van der Waals surface area contributed by atoms with Gasteiger partial charge in [0.25, 0.3) is 0 Å². The molecule has 0 radical (unpaired) electrons. The number of fused-ring (bicyclic) bond motifs is 2. The van der Waals surface area contributed by atoms with Crippen LogP contribution in [0.4, 0.5) is 10.1 Å². The Balaban J connectivity index is 1.88. The Morgan fingerprint density at radius 3 is 3.05 bits per heavy atom. The van der Waals surface area contributed by atoms with Crippen molar-refractivity contribution in [1.82, 2.24) is 4.90 Å². The van der Waals surface area contributed by atoms with Crippen LogP contribution in [0.15, 0.2) is 24.3 Å². The Morgan fingerprint density at radius 1 is 1.37 bits per heavy atom. The second-order valence-corrected chi connectivity index (χ2v) is 5.50. The number of hydrogen-bond donors (Lipinski definition) is 1. The first-order valence-electron chi connectivity index (χ1n) is 6.95. The molecule has 1 spiro atoms. The van der Waals surface area contributed by atoms with E-state index in [1.54, 1.807) is 0 Å². The number of halogens is 1. The Kier molecular flexibility index (Phi) is 3.27. The third-order valence-corrected chi connectivity index (χ3v) is 4.30. The van der Waals surface area contributed by atoms with Crippen LogP contribution >= 0.6 is 0 Å². The molecule has 3 rings (SSSR count). The van der Waals surface area contributed by atoms with Crippen molar-refractivity contribution in [3.63, 3.8) is 0 Å². The van der Waals surface area contributed by atoms with Crippen LogP contribution < -0.4 is 5.32 Å². The minimum absolute atomic E-state index is 0.110. The van der Waals surface area contributed by atoms with E-state index in [-0.39, 0.29) is 12.6 Å². The zero-order chi connectivity index (χ0) is 13.3. The Labute approximate surface area is 112 Å². The van der Waals surface area contributed by atoms with Gasteiger partial charge in [-0.3, -0.25) is 9.18 Å². The van der Waals surface area contributed by atoms with E-state index in [9.17, 15) is 9.18 Å². The number of nitrogens with one attached hydrogen (secondary N) is 1. The maximum atomic E-state index is 12.4. The van der Waals surface area contributed by atoms with E-state index in [0.717, 1.165) is 43.7 Å². The monoisotopic (exact) mass is 262 g/mol. The molecule has 3 nitrogen and oxygen atoms in total. The van der Waals surface area contributed by atoms with Gasteiger partial charge in [0, 0.05) is 18.8 Å². The van der Waals surface area contributed by atoms with Gasteiger partial charge in [0.15, 0.2) is 0 Å². The van der Waals surface area contributed by atoms with Crippen molar-refractivity contribution >= 4 is 11.6 Å². The lowest BCUT2D eigenvalue weighted by Gasteiger charge is -2.39. The SMILES string of the molecule is O=C1Nc2ccccc2[C@]12CCCN(CCCF)C2. The molecule has 0 saturated carbocycles. The summed E-state index contributed by atoms with van der Waals surface area (Å²) in [6, 6.07) is 7.94. The minimum atomic E-state index is -0.412. The number of nitrogens with zero attached hydrogens (tertiary/aromatic N) is 1. The Bertz CT molecular complexity index is 491. The number of hydrogen-bond acceptors (Lipinski definition) is 2. The van der Waals surface area contributed by atoms with E-state index >= 15 is 0 Å². The van der Waals surface area contributed by atoms with Gasteiger partial charge in [-0.1, -0.05) is 18.2 Å². The number of alkyl halides is 1. The van der Waals surface area contributed by atoms with E-state index in [0.29, 0.717) is 6.42 Å². The van der Waals surface area contributed by atoms with Crippen molar-refractivity contribution < 1.29 is 9.18 Å². The highest BCUT2D eigenvalue weighted by Crippen LogP contribution is 2.43. The molecule has 0 aromatic heterocycles. The third kappa shape index (κ3) is 2.04. The second-order valence-electron chi connectivity index (χ2n) is 5.50. The van der Waals surface area contributed by atoms with Crippen molar-refractivity contribution in [2.45, 2.75) is 24.7 Å². The molecule has 0 aliphatic carbocycles. The molecule has 0 bridgehead atoms. The number of carbonyl (C=O) groups is 1. The molecule has 2 aliphatic rings. The molecule has 1 aromatic carbocycles. The zero-order valence-corrected chi connectivity index (χ0v) is 11.0. The van der Waals surface area contributed by atoms with Gasteiger partial charge in [-0.25, -0.2) is 0 Å². The highest BCUT2D eigenvalue weighted by atomic mass is 19.1. The molecule has 1 fully saturated rings. The summed E-state index contributed by atoms with van der Waals surface area (Å²) >= 11 is 0. The quantitative estimate of drug-likeness (QED) is 0.906. The van der Waals surface area contributed by atoms with Gasteiger partial charge in [-0.2, -0.15) is 0 Å². The summed E-state index contributed by atoms with van der Waals surface area (Å²) in [5.74, 6) is 0.110. The number of para-hydroxylation sites is 1. The fraction of sp³-hybridized carbons (Fsp3) is 0.533. The molecule has 4 heteroatoms. The molecule has 1 amide bonds. The molecule has 1 N–H and O–H groups in total. The minimum Gasteiger partial charge on any atom is -0.325 e. The number of rotatable bonds is 3. The molecule has 2 aliphatic heterocycles. The number of amides is 1. The van der Waals surface area contributed by atoms with E-state index in [1.807, 2.05) is 24.3 Å². The Morgan fingerprint density at radius 2 is 2.21 bits per heavy atom. The molecule has 1 aromatic rings. The van der Waals surface area contributed by atoms with Crippen LogP contribution in [-0.2, 0) is 10.2 Å². The van der Waals surface area contributed by atoms with Gasteiger partial charge in [0.05, 0.1) is 12.1 Å². The Hall–Kier alpha value is -1.42. The van der Waals surface area contributed by atoms with Crippen LogP contribution in [0, 0.1) is 0 Å². The molecule has 1 saturated heterocycles. The van der Waals surface area contributed by atoms with E-state index < -0.39 is 5.41 Å². The summed E-state index contributed by atoms with van der Waals surface area (Å²) < 4.78 is 12.3. The lowest BCUT2D eigenvalue weighted by atomic mass is 9.75. The van der Waals surface area contributed by atoms with Crippen LogP contribution in [-0.4, -0.2) is 37.1 Å². The third-order valence-electron chi connectivity index (χ3n) is 4.30. The van der Waals surface area contributed by atoms with Crippen LogP contribution in [0.3, 0.4) is 0 Å². The highest BCUT2D eigenvalue weighted by molar-refractivity contribution is 6.06. The van der Waals surface area contributed by atoms with Crippen molar-refractivity contribution in [2.75, 3.05) is 31.6 Å². The fourth-order valence-corrected chi connectivity index (χ4v) is 3.40. The van der Waals surface area contributed by atoms with E-state index in [4.69, 9.17) is 0 Å². The van der Waals surface area contributed by atoms with E-state index in [2.05, 4.69) is 10.2 Å². The largest absolute Gasteiger partial charge is 0.325 e. The predicted molar refractivity (Wildman–Crippen MR) is 73.0 cm³/mol. The van der Waals surface area contributed by atoms with Gasteiger partial charge in [0.1, 0.15) is 0 Å². The zero-order valence-electron chi connectivity index (χ0n) is 11.0. The lowest BCUT2D eigenvalue weighted by Crippen LogP contribution is -2.50. The normalized spacial score (nSPS) is 26.5. The van der Waals surface area contributed by atoms with Crippen LogP contribution in [0.5, 0.6) is 0 Å². The number of piperidine rings is 1. The maximum absolute atomic E-state index is 12.4. The van der Waals surface area contributed by atoms with Gasteiger partial charge in [-0.05, 0) is 37.4 Å². The van der Waals surface area contributed by atoms with Gasteiger partial charge in [0.2, 0.25) is 5.91 Å². The topological polar surface area (TPSA) is 32.3 Å². The molecule has 19 heavy (non-hydrogen) atoms.